The van der Waals surface area contributed by atoms with Gasteiger partial charge in [-0.15, -0.1) is 0 Å². The van der Waals surface area contributed by atoms with E-state index in [4.69, 9.17) is 0 Å². The fourth-order valence-corrected chi connectivity index (χ4v) is 0.894. The molecule has 0 spiro atoms. The Labute approximate surface area is 67.5 Å². The van der Waals surface area contributed by atoms with Crippen molar-refractivity contribution in [1.29, 1.82) is 0 Å². The van der Waals surface area contributed by atoms with E-state index in [2.05, 4.69) is 20.2 Å². The Kier molecular flexibility index (Phi) is 1.48. The average molecular weight is 162 g/mol. The van der Waals surface area contributed by atoms with Crippen molar-refractivity contribution in [3.63, 3.8) is 0 Å². The predicted molar refractivity (Wildman–Crippen MR) is 42.4 cm³/mol. The van der Waals surface area contributed by atoms with Gasteiger partial charge >= 0.3 is 5.69 Å². The van der Waals surface area contributed by atoms with Crippen LogP contribution in [-0.2, 0) is 0 Å². The molecule has 0 radical (unpaired) electrons. The number of hydrogen-bond donors (Lipinski definition) is 2. The van der Waals surface area contributed by atoms with E-state index in [1.165, 1.54) is 0 Å². The third-order valence-electron chi connectivity index (χ3n) is 1.41. The average Bonchev–Trinajstić information content (AvgIpc) is 2.54. The highest BCUT2D eigenvalue weighted by Gasteiger charge is 2.00. The highest BCUT2D eigenvalue weighted by Crippen LogP contribution is 2.05. The molecule has 0 fully saturated rings. The van der Waals surface area contributed by atoms with Gasteiger partial charge in [0.2, 0.25) is 0 Å². The lowest BCUT2D eigenvalue weighted by molar-refractivity contribution is 1.05. The van der Waals surface area contributed by atoms with E-state index in [1.54, 1.807) is 18.3 Å². The van der Waals surface area contributed by atoms with Gasteiger partial charge in [-0.1, -0.05) is 6.07 Å². The van der Waals surface area contributed by atoms with Crippen molar-refractivity contribution in [3.8, 4) is 11.5 Å². The number of H-pyrrole nitrogens is 2. The molecule has 12 heavy (non-hydrogen) atoms. The molecule has 60 valence electrons. The van der Waals surface area contributed by atoms with Crippen LogP contribution in [0.2, 0.25) is 0 Å². The summed E-state index contributed by atoms with van der Waals surface area (Å²) in [5.41, 5.74) is 0.325. The zero-order valence-electron chi connectivity index (χ0n) is 6.11. The first-order valence-corrected chi connectivity index (χ1v) is 3.42. The molecule has 2 heterocycles. The Hall–Kier alpha value is -1.91. The second-order valence-electron chi connectivity index (χ2n) is 2.24. The van der Waals surface area contributed by atoms with Crippen LogP contribution in [-0.4, -0.2) is 20.2 Å². The lowest BCUT2D eigenvalue weighted by atomic mass is 10.3. The molecule has 0 saturated carbocycles. The van der Waals surface area contributed by atoms with Crippen molar-refractivity contribution in [3.05, 3.63) is 34.9 Å². The van der Waals surface area contributed by atoms with Gasteiger partial charge in [0.15, 0.2) is 5.82 Å². The Bertz CT molecular complexity index is 416. The van der Waals surface area contributed by atoms with E-state index in [0.29, 0.717) is 11.5 Å². The molecular formula is C7H6N4O. The Morgan fingerprint density at radius 3 is 2.83 bits per heavy atom. The fourth-order valence-electron chi connectivity index (χ4n) is 0.894. The third kappa shape index (κ3) is 1.12. The van der Waals surface area contributed by atoms with Crippen LogP contribution in [0.4, 0.5) is 0 Å². The van der Waals surface area contributed by atoms with Crippen molar-refractivity contribution in [2.75, 3.05) is 0 Å². The molecule has 0 bridgehead atoms. The van der Waals surface area contributed by atoms with E-state index in [-0.39, 0.29) is 5.69 Å². The summed E-state index contributed by atoms with van der Waals surface area (Å²) in [6.45, 7) is 0. The summed E-state index contributed by atoms with van der Waals surface area (Å²) in [5.74, 6) is 0.459. The van der Waals surface area contributed by atoms with Gasteiger partial charge in [0.25, 0.3) is 0 Å². The molecule has 5 nitrogen and oxygen atoms in total. The first kappa shape index (κ1) is 6.78. The highest BCUT2D eigenvalue weighted by molar-refractivity contribution is 5.46. The van der Waals surface area contributed by atoms with E-state index < -0.39 is 0 Å². The SMILES string of the molecule is O=c1[nH]nc(-c2ccccn2)[nH]1. The van der Waals surface area contributed by atoms with Gasteiger partial charge in [0.05, 0.1) is 0 Å². The fraction of sp³-hybridized carbons (Fsp3) is 0. The number of nitrogens with zero attached hydrogens (tertiary/aromatic N) is 2. The standard InChI is InChI=1S/C7H6N4O/c12-7-9-6(10-11-7)5-3-1-2-4-8-5/h1-4H,(H2,9,10,11,12). The summed E-state index contributed by atoms with van der Waals surface area (Å²) in [7, 11) is 0. The van der Waals surface area contributed by atoms with Gasteiger partial charge in [0.1, 0.15) is 5.69 Å². The molecule has 0 atom stereocenters. The maximum absolute atomic E-state index is 10.7. The molecule has 0 aliphatic heterocycles. The zero-order chi connectivity index (χ0) is 8.39. The van der Waals surface area contributed by atoms with Crippen molar-refractivity contribution in [2.45, 2.75) is 0 Å². The number of pyridine rings is 1. The molecule has 5 heteroatoms. The lowest BCUT2D eigenvalue weighted by Gasteiger charge is -1.90. The number of hydrogen-bond acceptors (Lipinski definition) is 3. The van der Waals surface area contributed by atoms with Crippen LogP contribution >= 0.6 is 0 Å². The number of aromatic amines is 2. The van der Waals surface area contributed by atoms with Crippen LogP contribution < -0.4 is 5.69 Å². The molecule has 0 aliphatic carbocycles. The summed E-state index contributed by atoms with van der Waals surface area (Å²) in [5, 5.41) is 6.00. The van der Waals surface area contributed by atoms with Crippen molar-refractivity contribution in [2.24, 2.45) is 0 Å². The maximum atomic E-state index is 10.7. The summed E-state index contributed by atoms with van der Waals surface area (Å²) in [6, 6.07) is 5.40. The monoisotopic (exact) mass is 162 g/mol. The van der Waals surface area contributed by atoms with Gasteiger partial charge in [-0.2, -0.15) is 5.10 Å². The molecule has 2 aromatic heterocycles. The second kappa shape index (κ2) is 2.61. The van der Waals surface area contributed by atoms with E-state index >= 15 is 0 Å². The van der Waals surface area contributed by atoms with Crippen LogP contribution in [0, 0.1) is 0 Å². The minimum absolute atomic E-state index is 0.323. The van der Waals surface area contributed by atoms with Crippen LogP contribution in [0.25, 0.3) is 11.5 Å². The molecule has 0 aliphatic rings. The maximum Gasteiger partial charge on any atom is 0.340 e. The molecule has 0 aromatic carbocycles. The number of nitrogens with one attached hydrogen (secondary N) is 2. The quantitative estimate of drug-likeness (QED) is 0.627. The minimum atomic E-state index is -0.323. The summed E-state index contributed by atoms with van der Waals surface area (Å²) in [6.07, 6.45) is 1.64. The minimum Gasteiger partial charge on any atom is -0.288 e. The topological polar surface area (TPSA) is 74.4 Å². The second-order valence-corrected chi connectivity index (χ2v) is 2.24. The van der Waals surface area contributed by atoms with Gasteiger partial charge in [-0.25, -0.2) is 9.89 Å². The molecule has 2 rings (SSSR count). The van der Waals surface area contributed by atoms with Crippen molar-refractivity contribution >= 4 is 0 Å². The molecule has 2 aromatic rings. The van der Waals surface area contributed by atoms with Crippen molar-refractivity contribution in [1.82, 2.24) is 20.2 Å². The smallest absolute Gasteiger partial charge is 0.288 e. The molecule has 2 N–H and O–H groups in total. The van der Waals surface area contributed by atoms with Gasteiger partial charge in [0, 0.05) is 6.20 Å². The van der Waals surface area contributed by atoms with Crippen LogP contribution in [0.1, 0.15) is 0 Å². The van der Waals surface area contributed by atoms with E-state index in [0.717, 1.165) is 0 Å². The van der Waals surface area contributed by atoms with Gasteiger partial charge in [-0.3, -0.25) is 9.97 Å². The first-order valence-electron chi connectivity index (χ1n) is 3.42. The summed E-state index contributed by atoms with van der Waals surface area (Å²) in [4.78, 5) is 17.2. The van der Waals surface area contributed by atoms with Crippen LogP contribution in [0.15, 0.2) is 29.2 Å². The zero-order valence-corrected chi connectivity index (χ0v) is 6.11. The predicted octanol–water partition coefficient (Wildman–Crippen LogP) is 0.160. The highest BCUT2D eigenvalue weighted by atomic mass is 16.1. The number of aromatic nitrogens is 4. The largest absolute Gasteiger partial charge is 0.340 e. The van der Waals surface area contributed by atoms with Crippen molar-refractivity contribution < 1.29 is 0 Å². The van der Waals surface area contributed by atoms with Gasteiger partial charge in [-0.05, 0) is 12.1 Å². The van der Waals surface area contributed by atoms with Gasteiger partial charge < -0.3 is 0 Å². The van der Waals surface area contributed by atoms with Crippen LogP contribution in [0.5, 0.6) is 0 Å². The van der Waals surface area contributed by atoms with E-state index in [9.17, 15) is 4.79 Å². The Morgan fingerprint density at radius 1 is 1.33 bits per heavy atom. The third-order valence-corrected chi connectivity index (χ3v) is 1.41. The Balaban J connectivity index is 2.51. The molecular weight excluding hydrogens is 156 g/mol. The normalized spacial score (nSPS) is 10.0. The lowest BCUT2D eigenvalue weighted by Crippen LogP contribution is -2.00. The number of rotatable bonds is 1. The summed E-state index contributed by atoms with van der Waals surface area (Å²) < 4.78 is 0. The molecule has 0 saturated heterocycles. The molecule has 0 unspecified atom stereocenters. The van der Waals surface area contributed by atoms with E-state index in [1.807, 2.05) is 6.07 Å². The molecule has 0 amide bonds. The summed E-state index contributed by atoms with van der Waals surface area (Å²) >= 11 is 0. The van der Waals surface area contributed by atoms with Crippen LogP contribution in [0.3, 0.4) is 0 Å². The first-order chi connectivity index (χ1) is 5.86. The Morgan fingerprint density at radius 2 is 2.25 bits per heavy atom.